The van der Waals surface area contributed by atoms with Crippen molar-refractivity contribution in [2.75, 3.05) is 0 Å². The molecule has 6 nitrogen and oxygen atoms in total. The van der Waals surface area contributed by atoms with Crippen molar-refractivity contribution in [3.8, 4) is 28.3 Å². The summed E-state index contributed by atoms with van der Waals surface area (Å²) in [6.45, 7) is 0. The molecule has 0 radical (unpaired) electrons. The number of ether oxygens (including phenoxy) is 1. The van der Waals surface area contributed by atoms with Crippen molar-refractivity contribution in [2.45, 2.75) is 0 Å². The SMILES string of the molecule is N#Cc1n[nH]nc1-c1nc2ccc(Oc3ccc(Cl)cc3)cc2s1. The van der Waals surface area contributed by atoms with Crippen molar-refractivity contribution in [2.24, 2.45) is 0 Å². The van der Waals surface area contributed by atoms with E-state index in [2.05, 4.69) is 20.4 Å². The van der Waals surface area contributed by atoms with E-state index in [-0.39, 0.29) is 5.69 Å². The van der Waals surface area contributed by atoms with Crippen LogP contribution in [0.25, 0.3) is 20.9 Å². The van der Waals surface area contributed by atoms with Gasteiger partial charge in [0, 0.05) is 11.1 Å². The number of benzene rings is 2. The highest BCUT2D eigenvalue weighted by molar-refractivity contribution is 7.21. The summed E-state index contributed by atoms with van der Waals surface area (Å²) in [6, 6.07) is 14.8. The molecule has 0 aliphatic carbocycles. The number of nitriles is 1. The summed E-state index contributed by atoms with van der Waals surface area (Å²) in [7, 11) is 0. The van der Waals surface area contributed by atoms with Crippen LogP contribution in [0.5, 0.6) is 11.5 Å². The van der Waals surface area contributed by atoms with Gasteiger partial charge in [-0.05, 0) is 36.4 Å². The van der Waals surface area contributed by atoms with Crippen molar-refractivity contribution in [3.05, 3.63) is 53.2 Å². The number of nitrogens with zero attached hydrogens (tertiary/aromatic N) is 4. The molecule has 0 atom stereocenters. The van der Waals surface area contributed by atoms with E-state index in [1.807, 2.05) is 24.3 Å². The highest BCUT2D eigenvalue weighted by Crippen LogP contribution is 2.33. The summed E-state index contributed by atoms with van der Waals surface area (Å²) in [5.74, 6) is 1.40. The number of aromatic nitrogens is 4. The molecule has 0 amide bonds. The van der Waals surface area contributed by atoms with Gasteiger partial charge < -0.3 is 4.74 Å². The van der Waals surface area contributed by atoms with Crippen LogP contribution in [0, 0.1) is 11.3 Å². The highest BCUT2D eigenvalue weighted by atomic mass is 35.5. The predicted octanol–water partition coefficient (Wildman–Crippen LogP) is 4.40. The fourth-order valence-electron chi connectivity index (χ4n) is 2.17. The summed E-state index contributed by atoms with van der Waals surface area (Å²) in [6.07, 6.45) is 0. The zero-order valence-corrected chi connectivity index (χ0v) is 13.6. The van der Waals surface area contributed by atoms with Gasteiger partial charge in [0.15, 0.2) is 11.4 Å². The van der Waals surface area contributed by atoms with Crippen LogP contribution in [-0.2, 0) is 0 Å². The van der Waals surface area contributed by atoms with Gasteiger partial charge in [-0.25, -0.2) is 4.98 Å². The van der Waals surface area contributed by atoms with E-state index < -0.39 is 0 Å². The van der Waals surface area contributed by atoms with Gasteiger partial charge in [-0.15, -0.1) is 16.4 Å². The third kappa shape index (κ3) is 2.69. The minimum absolute atomic E-state index is 0.228. The Morgan fingerprint density at radius 3 is 2.67 bits per heavy atom. The molecule has 1 N–H and O–H groups in total. The number of aromatic amines is 1. The van der Waals surface area contributed by atoms with Gasteiger partial charge >= 0.3 is 0 Å². The first-order valence-electron chi connectivity index (χ1n) is 6.88. The van der Waals surface area contributed by atoms with Crippen molar-refractivity contribution < 1.29 is 4.74 Å². The van der Waals surface area contributed by atoms with Gasteiger partial charge in [0.05, 0.1) is 10.2 Å². The van der Waals surface area contributed by atoms with Crippen LogP contribution in [0.1, 0.15) is 5.69 Å². The lowest BCUT2D eigenvalue weighted by Crippen LogP contribution is -1.83. The van der Waals surface area contributed by atoms with Crippen molar-refractivity contribution in [3.63, 3.8) is 0 Å². The van der Waals surface area contributed by atoms with Crippen LogP contribution in [0.3, 0.4) is 0 Å². The standard InChI is InChI=1S/C16H8ClN5OS/c17-9-1-3-10(4-2-9)23-11-5-6-12-14(7-11)24-16(19-12)15-13(8-18)20-22-21-15/h1-7H,(H,20,21,22). The quantitative estimate of drug-likeness (QED) is 0.589. The Balaban J connectivity index is 1.68. The van der Waals surface area contributed by atoms with E-state index in [9.17, 15) is 0 Å². The molecule has 4 aromatic rings. The van der Waals surface area contributed by atoms with Crippen LogP contribution in [0.2, 0.25) is 5.02 Å². The second-order valence-corrected chi connectivity index (χ2v) is 6.30. The molecular formula is C16H8ClN5OS. The molecule has 2 aromatic carbocycles. The van der Waals surface area contributed by atoms with Gasteiger partial charge in [0.2, 0.25) is 0 Å². The zero-order valence-electron chi connectivity index (χ0n) is 12.0. The molecule has 0 unspecified atom stereocenters. The van der Waals surface area contributed by atoms with Gasteiger partial charge in [-0.2, -0.15) is 15.6 Å². The maximum absolute atomic E-state index is 9.05. The zero-order chi connectivity index (χ0) is 16.5. The topological polar surface area (TPSA) is 87.5 Å². The fraction of sp³-hybridized carbons (Fsp3) is 0. The molecule has 0 aliphatic heterocycles. The lowest BCUT2D eigenvalue weighted by atomic mass is 10.3. The molecule has 0 bridgehead atoms. The second-order valence-electron chi connectivity index (χ2n) is 4.84. The molecule has 24 heavy (non-hydrogen) atoms. The molecule has 8 heteroatoms. The van der Waals surface area contributed by atoms with Gasteiger partial charge in [0.1, 0.15) is 22.6 Å². The molecule has 0 saturated heterocycles. The first-order chi connectivity index (χ1) is 11.7. The average Bonchev–Trinajstić information content (AvgIpc) is 3.22. The average molecular weight is 354 g/mol. The van der Waals surface area contributed by atoms with E-state index in [4.69, 9.17) is 21.6 Å². The lowest BCUT2D eigenvalue weighted by Gasteiger charge is -2.05. The minimum atomic E-state index is 0.228. The van der Waals surface area contributed by atoms with Crippen LogP contribution < -0.4 is 4.74 Å². The van der Waals surface area contributed by atoms with E-state index in [1.165, 1.54) is 11.3 Å². The van der Waals surface area contributed by atoms with Crippen LogP contribution >= 0.6 is 22.9 Å². The van der Waals surface area contributed by atoms with E-state index >= 15 is 0 Å². The van der Waals surface area contributed by atoms with Gasteiger partial charge in [-0.3, -0.25) is 0 Å². The normalized spacial score (nSPS) is 10.7. The first-order valence-corrected chi connectivity index (χ1v) is 8.07. The Kier molecular flexibility index (Phi) is 3.61. The molecule has 0 aliphatic rings. The lowest BCUT2D eigenvalue weighted by molar-refractivity contribution is 0.483. The summed E-state index contributed by atoms with van der Waals surface area (Å²) < 4.78 is 6.75. The Hall–Kier alpha value is -2.95. The molecule has 0 fully saturated rings. The number of rotatable bonds is 3. The summed E-state index contributed by atoms with van der Waals surface area (Å²) in [5.41, 5.74) is 1.50. The van der Waals surface area contributed by atoms with Crippen LogP contribution in [0.4, 0.5) is 0 Å². The number of thiazole rings is 1. The van der Waals surface area contributed by atoms with Gasteiger partial charge in [-0.1, -0.05) is 11.6 Å². The minimum Gasteiger partial charge on any atom is -0.457 e. The summed E-state index contributed by atoms with van der Waals surface area (Å²) >= 11 is 7.30. The second kappa shape index (κ2) is 5.92. The maximum atomic E-state index is 9.05. The Bertz CT molecular complexity index is 1060. The fourth-order valence-corrected chi connectivity index (χ4v) is 3.28. The van der Waals surface area contributed by atoms with Gasteiger partial charge in [0.25, 0.3) is 0 Å². The van der Waals surface area contributed by atoms with Crippen molar-refractivity contribution in [1.82, 2.24) is 20.4 Å². The Morgan fingerprint density at radius 2 is 1.88 bits per heavy atom. The summed E-state index contributed by atoms with van der Waals surface area (Å²) in [5, 5.41) is 20.6. The van der Waals surface area contributed by atoms with Crippen molar-refractivity contribution >= 4 is 33.2 Å². The summed E-state index contributed by atoms with van der Waals surface area (Å²) in [4.78, 5) is 4.50. The third-order valence-electron chi connectivity index (χ3n) is 3.27. The number of hydrogen-bond donors (Lipinski definition) is 1. The number of fused-ring (bicyclic) bond motifs is 1. The Morgan fingerprint density at radius 1 is 1.08 bits per heavy atom. The number of halogens is 1. The first kappa shape index (κ1) is 14.6. The molecule has 2 heterocycles. The van der Waals surface area contributed by atoms with Crippen LogP contribution in [0.15, 0.2) is 42.5 Å². The highest BCUT2D eigenvalue weighted by Gasteiger charge is 2.15. The smallest absolute Gasteiger partial charge is 0.192 e. The monoisotopic (exact) mass is 353 g/mol. The number of nitrogens with one attached hydrogen (secondary N) is 1. The number of hydrogen-bond acceptors (Lipinski definition) is 6. The number of H-pyrrole nitrogens is 1. The van der Waals surface area contributed by atoms with E-state index in [1.54, 1.807) is 24.3 Å². The molecule has 4 rings (SSSR count). The van der Waals surface area contributed by atoms with Crippen LogP contribution in [-0.4, -0.2) is 20.4 Å². The van der Waals surface area contributed by atoms with E-state index in [0.717, 1.165) is 10.2 Å². The van der Waals surface area contributed by atoms with Crippen molar-refractivity contribution in [1.29, 1.82) is 5.26 Å². The largest absolute Gasteiger partial charge is 0.457 e. The van der Waals surface area contributed by atoms with E-state index in [0.29, 0.717) is 27.2 Å². The Labute approximate surface area is 145 Å². The predicted molar refractivity (Wildman–Crippen MR) is 91.2 cm³/mol. The molecule has 0 spiro atoms. The molecular weight excluding hydrogens is 346 g/mol. The molecule has 116 valence electrons. The third-order valence-corrected chi connectivity index (χ3v) is 4.54. The molecule has 2 aromatic heterocycles. The maximum Gasteiger partial charge on any atom is 0.192 e. The molecule has 0 saturated carbocycles.